The van der Waals surface area contributed by atoms with Crippen LogP contribution in [0.2, 0.25) is 0 Å². The van der Waals surface area contributed by atoms with Crippen molar-refractivity contribution in [1.29, 1.82) is 0 Å². The number of ether oxygens (including phenoxy) is 1. The Hall–Kier alpha value is -2.67. The minimum Gasteiger partial charge on any atom is -0.486 e. The fourth-order valence-electron chi connectivity index (χ4n) is 2.84. The molecular formula is C21H21FN4OS. The van der Waals surface area contributed by atoms with Gasteiger partial charge in [-0.1, -0.05) is 56.8 Å². The highest BCUT2D eigenvalue weighted by atomic mass is 32.2. The number of benzene rings is 2. The van der Waals surface area contributed by atoms with E-state index >= 15 is 0 Å². The van der Waals surface area contributed by atoms with Crippen LogP contribution in [0.3, 0.4) is 0 Å². The molecule has 0 amide bonds. The van der Waals surface area contributed by atoms with Crippen molar-refractivity contribution < 1.29 is 9.13 Å². The van der Waals surface area contributed by atoms with E-state index in [0.29, 0.717) is 11.6 Å². The minimum absolute atomic E-state index is 0.104. The third kappa shape index (κ3) is 3.94. The van der Waals surface area contributed by atoms with Gasteiger partial charge < -0.3 is 4.74 Å². The van der Waals surface area contributed by atoms with E-state index in [2.05, 4.69) is 48.2 Å². The second-order valence-electron chi connectivity index (χ2n) is 7.62. The van der Waals surface area contributed by atoms with Crippen molar-refractivity contribution in [3.8, 4) is 5.75 Å². The number of rotatable bonds is 4. The van der Waals surface area contributed by atoms with E-state index in [4.69, 9.17) is 4.74 Å². The monoisotopic (exact) mass is 396 g/mol. The zero-order valence-electron chi connectivity index (χ0n) is 16.0. The second kappa shape index (κ2) is 7.39. The molecule has 0 atom stereocenters. The maximum absolute atomic E-state index is 13.2. The zero-order chi connectivity index (χ0) is 19.7. The fraction of sp³-hybridized carbons (Fsp3) is 0.286. The van der Waals surface area contributed by atoms with Crippen molar-refractivity contribution in [2.75, 3.05) is 5.75 Å². The Balaban J connectivity index is 1.51. The van der Waals surface area contributed by atoms with Crippen molar-refractivity contribution >= 4 is 17.5 Å². The molecule has 1 aliphatic heterocycles. The lowest BCUT2D eigenvalue weighted by atomic mass is 9.87. The maximum atomic E-state index is 13.2. The number of fused-ring (bicyclic) bond motifs is 1. The van der Waals surface area contributed by atoms with Crippen LogP contribution >= 0.6 is 11.8 Å². The van der Waals surface area contributed by atoms with Gasteiger partial charge in [0.2, 0.25) is 5.16 Å². The molecule has 7 heteroatoms. The molecule has 2 aromatic carbocycles. The van der Waals surface area contributed by atoms with Gasteiger partial charge in [0, 0.05) is 5.75 Å². The Morgan fingerprint density at radius 2 is 1.75 bits per heavy atom. The first-order valence-corrected chi connectivity index (χ1v) is 10.0. The third-order valence-electron chi connectivity index (χ3n) is 4.50. The van der Waals surface area contributed by atoms with E-state index in [1.165, 1.54) is 17.7 Å². The van der Waals surface area contributed by atoms with Gasteiger partial charge in [0.05, 0.1) is 5.71 Å². The summed E-state index contributed by atoms with van der Waals surface area (Å²) in [5.41, 5.74) is 3.10. The van der Waals surface area contributed by atoms with Crippen molar-refractivity contribution in [2.24, 2.45) is 5.10 Å². The van der Waals surface area contributed by atoms with Gasteiger partial charge in [0.1, 0.15) is 18.2 Å². The largest absolute Gasteiger partial charge is 0.486 e. The molecule has 0 radical (unpaired) electrons. The molecule has 3 aromatic rings. The van der Waals surface area contributed by atoms with E-state index in [0.717, 1.165) is 22.2 Å². The lowest BCUT2D eigenvalue weighted by Gasteiger charge is -2.19. The Morgan fingerprint density at radius 3 is 2.43 bits per heavy atom. The van der Waals surface area contributed by atoms with Gasteiger partial charge in [0.15, 0.2) is 5.82 Å². The number of halogens is 1. The summed E-state index contributed by atoms with van der Waals surface area (Å²) in [6.45, 7) is 6.81. The molecule has 0 aliphatic carbocycles. The molecular weight excluding hydrogens is 375 g/mol. The Bertz CT molecular complexity index is 1000. The lowest BCUT2D eigenvalue weighted by Crippen LogP contribution is -2.15. The highest BCUT2D eigenvalue weighted by Gasteiger charge is 2.20. The van der Waals surface area contributed by atoms with Gasteiger partial charge in [-0.2, -0.15) is 9.78 Å². The van der Waals surface area contributed by atoms with Gasteiger partial charge in [-0.05, 0) is 40.8 Å². The molecule has 1 aromatic heterocycles. The molecule has 4 rings (SSSR count). The average molecular weight is 396 g/mol. The first-order chi connectivity index (χ1) is 13.4. The molecule has 0 saturated heterocycles. The van der Waals surface area contributed by atoms with E-state index in [1.54, 1.807) is 28.6 Å². The third-order valence-corrected chi connectivity index (χ3v) is 5.43. The quantitative estimate of drug-likeness (QED) is 0.644. The van der Waals surface area contributed by atoms with Crippen molar-refractivity contribution in [2.45, 2.75) is 37.9 Å². The van der Waals surface area contributed by atoms with Crippen molar-refractivity contribution in [3.63, 3.8) is 0 Å². The van der Waals surface area contributed by atoms with Crippen LogP contribution in [0.15, 0.2) is 58.8 Å². The van der Waals surface area contributed by atoms with Crippen LogP contribution in [-0.2, 0) is 12.0 Å². The molecule has 0 unspecified atom stereocenters. The van der Waals surface area contributed by atoms with Crippen LogP contribution in [0.4, 0.5) is 4.39 Å². The molecule has 1 aliphatic rings. The van der Waals surface area contributed by atoms with E-state index < -0.39 is 0 Å². The van der Waals surface area contributed by atoms with E-state index in [1.807, 2.05) is 12.1 Å². The standard InChI is InChI=1S/C21H21FN4OS/c1-21(2,3)15-6-10-17(11-7-15)27-12-19-23-24-20-26(19)25-18(13-28-20)14-4-8-16(22)9-5-14/h4-11H,12-13H2,1-3H3. The predicted molar refractivity (Wildman–Crippen MR) is 109 cm³/mol. The number of aromatic nitrogens is 3. The molecule has 0 fully saturated rings. The Morgan fingerprint density at radius 1 is 1.04 bits per heavy atom. The summed E-state index contributed by atoms with van der Waals surface area (Å²) in [7, 11) is 0. The summed E-state index contributed by atoms with van der Waals surface area (Å²) in [4.78, 5) is 0. The average Bonchev–Trinajstić information content (AvgIpc) is 3.09. The van der Waals surface area contributed by atoms with Crippen LogP contribution in [0.1, 0.15) is 37.7 Å². The Labute approximate surface area is 167 Å². The molecule has 5 nitrogen and oxygen atoms in total. The number of thioether (sulfide) groups is 1. The van der Waals surface area contributed by atoms with Gasteiger partial charge >= 0.3 is 0 Å². The summed E-state index contributed by atoms with van der Waals surface area (Å²) in [5, 5.41) is 13.8. The van der Waals surface area contributed by atoms with Crippen LogP contribution in [-0.4, -0.2) is 26.3 Å². The van der Waals surface area contributed by atoms with Crippen molar-refractivity contribution in [3.05, 3.63) is 71.3 Å². The highest BCUT2D eigenvalue weighted by molar-refractivity contribution is 7.99. The van der Waals surface area contributed by atoms with Crippen LogP contribution in [0.5, 0.6) is 5.75 Å². The topological polar surface area (TPSA) is 52.3 Å². The summed E-state index contributed by atoms with van der Waals surface area (Å²) in [6.07, 6.45) is 0. The van der Waals surface area contributed by atoms with Crippen LogP contribution < -0.4 is 4.74 Å². The maximum Gasteiger partial charge on any atom is 0.212 e. The number of nitrogens with zero attached hydrogens (tertiary/aromatic N) is 4. The predicted octanol–water partition coefficient (Wildman–Crippen LogP) is 4.65. The van der Waals surface area contributed by atoms with Crippen molar-refractivity contribution in [1.82, 2.24) is 14.9 Å². The van der Waals surface area contributed by atoms with Gasteiger partial charge in [-0.3, -0.25) is 0 Å². The first kappa shape index (κ1) is 18.7. The molecule has 0 bridgehead atoms. The summed E-state index contributed by atoms with van der Waals surface area (Å²) < 4.78 is 20.8. The normalized spacial score (nSPS) is 13.8. The molecule has 0 saturated carbocycles. The van der Waals surface area contributed by atoms with Crippen LogP contribution in [0, 0.1) is 5.82 Å². The van der Waals surface area contributed by atoms with E-state index in [9.17, 15) is 4.39 Å². The molecule has 28 heavy (non-hydrogen) atoms. The summed E-state index contributed by atoms with van der Waals surface area (Å²) in [6, 6.07) is 14.4. The molecule has 2 heterocycles. The zero-order valence-corrected chi connectivity index (χ0v) is 16.8. The molecule has 0 N–H and O–H groups in total. The SMILES string of the molecule is CC(C)(C)c1ccc(OCc2nnc3n2N=C(c2ccc(F)cc2)CS3)cc1. The van der Waals surface area contributed by atoms with Gasteiger partial charge in [-0.25, -0.2) is 4.39 Å². The molecule has 144 valence electrons. The minimum atomic E-state index is -0.260. The summed E-state index contributed by atoms with van der Waals surface area (Å²) >= 11 is 1.55. The fourth-order valence-corrected chi connectivity index (χ4v) is 3.70. The lowest BCUT2D eigenvalue weighted by molar-refractivity contribution is 0.289. The smallest absolute Gasteiger partial charge is 0.212 e. The highest BCUT2D eigenvalue weighted by Crippen LogP contribution is 2.26. The van der Waals surface area contributed by atoms with Crippen LogP contribution in [0.25, 0.3) is 0 Å². The summed E-state index contributed by atoms with van der Waals surface area (Å²) in [5.74, 6) is 1.81. The first-order valence-electron chi connectivity index (χ1n) is 9.04. The van der Waals surface area contributed by atoms with Gasteiger partial charge in [-0.15, -0.1) is 10.2 Å². The second-order valence-corrected chi connectivity index (χ2v) is 8.56. The number of hydrogen-bond acceptors (Lipinski definition) is 5. The Kier molecular flexibility index (Phi) is 4.93. The molecule has 0 spiro atoms. The van der Waals surface area contributed by atoms with E-state index in [-0.39, 0.29) is 17.8 Å². The van der Waals surface area contributed by atoms with Gasteiger partial charge in [0.25, 0.3) is 0 Å². The number of hydrogen-bond donors (Lipinski definition) is 0.